The van der Waals surface area contributed by atoms with E-state index in [9.17, 15) is 9.59 Å². The van der Waals surface area contributed by atoms with Crippen LogP contribution in [0.3, 0.4) is 0 Å². The van der Waals surface area contributed by atoms with Crippen molar-refractivity contribution in [1.29, 1.82) is 0 Å². The van der Waals surface area contributed by atoms with Crippen molar-refractivity contribution in [2.24, 2.45) is 0 Å². The van der Waals surface area contributed by atoms with Gasteiger partial charge in [0.05, 0.1) is 13.1 Å². The van der Waals surface area contributed by atoms with Crippen LogP contribution in [-0.4, -0.2) is 78.9 Å². The Balaban J connectivity index is 1.72. The van der Waals surface area contributed by atoms with Gasteiger partial charge >= 0.3 is 0 Å². The summed E-state index contributed by atoms with van der Waals surface area (Å²) in [7, 11) is 0. The highest BCUT2D eigenvalue weighted by molar-refractivity contribution is 5.92. The monoisotopic (exact) mass is 332 g/mol. The minimum atomic E-state index is -0.0101. The lowest BCUT2D eigenvalue weighted by Gasteiger charge is -2.35. The SMILES string of the molecule is CCN(CC)CC(=O)N1CCN(CC(=O)Nc2ccccc2)CC1. The van der Waals surface area contributed by atoms with Crippen LogP contribution >= 0.6 is 0 Å². The van der Waals surface area contributed by atoms with Gasteiger partial charge in [0.1, 0.15) is 0 Å². The molecule has 1 aromatic carbocycles. The molecule has 0 unspecified atom stereocenters. The lowest BCUT2D eigenvalue weighted by atomic mass is 10.3. The number of para-hydroxylation sites is 1. The van der Waals surface area contributed by atoms with Crippen molar-refractivity contribution >= 4 is 17.5 Å². The first-order chi connectivity index (χ1) is 11.6. The average molecular weight is 332 g/mol. The van der Waals surface area contributed by atoms with Crippen molar-refractivity contribution in [2.75, 3.05) is 57.7 Å². The number of benzene rings is 1. The van der Waals surface area contributed by atoms with Gasteiger partial charge in [0.25, 0.3) is 0 Å². The summed E-state index contributed by atoms with van der Waals surface area (Å²) in [5, 5.41) is 2.90. The summed E-state index contributed by atoms with van der Waals surface area (Å²) in [6.45, 7) is 9.65. The van der Waals surface area contributed by atoms with Crippen LogP contribution in [0.2, 0.25) is 0 Å². The van der Waals surface area contributed by atoms with Gasteiger partial charge in [-0.1, -0.05) is 32.0 Å². The summed E-state index contributed by atoms with van der Waals surface area (Å²) in [6.07, 6.45) is 0. The molecule has 1 saturated heterocycles. The van der Waals surface area contributed by atoms with Gasteiger partial charge in [-0.3, -0.25) is 19.4 Å². The van der Waals surface area contributed by atoms with E-state index in [0.717, 1.165) is 31.9 Å². The number of hydrogen-bond acceptors (Lipinski definition) is 4. The zero-order valence-corrected chi connectivity index (χ0v) is 14.7. The summed E-state index contributed by atoms with van der Waals surface area (Å²) in [5.41, 5.74) is 0.815. The van der Waals surface area contributed by atoms with Gasteiger partial charge in [-0.2, -0.15) is 0 Å². The van der Waals surface area contributed by atoms with Crippen molar-refractivity contribution < 1.29 is 9.59 Å². The largest absolute Gasteiger partial charge is 0.339 e. The Morgan fingerprint density at radius 1 is 1.04 bits per heavy atom. The molecule has 1 aromatic rings. The molecule has 24 heavy (non-hydrogen) atoms. The van der Waals surface area contributed by atoms with E-state index in [1.807, 2.05) is 35.2 Å². The van der Waals surface area contributed by atoms with Gasteiger partial charge in [0.15, 0.2) is 0 Å². The first kappa shape index (κ1) is 18.4. The lowest BCUT2D eigenvalue weighted by Crippen LogP contribution is -2.52. The van der Waals surface area contributed by atoms with Gasteiger partial charge in [0, 0.05) is 31.9 Å². The van der Waals surface area contributed by atoms with E-state index in [1.54, 1.807) is 0 Å². The van der Waals surface area contributed by atoms with E-state index in [1.165, 1.54) is 0 Å². The fraction of sp³-hybridized carbons (Fsp3) is 0.556. The zero-order chi connectivity index (χ0) is 17.4. The molecule has 0 aliphatic carbocycles. The Labute approximate surface area is 144 Å². The molecule has 6 heteroatoms. The summed E-state index contributed by atoms with van der Waals surface area (Å²) in [6, 6.07) is 9.47. The third-order valence-electron chi connectivity index (χ3n) is 4.40. The van der Waals surface area contributed by atoms with Crippen LogP contribution in [0.15, 0.2) is 30.3 Å². The summed E-state index contributed by atoms with van der Waals surface area (Å²) >= 11 is 0. The second-order valence-electron chi connectivity index (χ2n) is 6.03. The minimum Gasteiger partial charge on any atom is -0.339 e. The van der Waals surface area contributed by atoms with E-state index in [2.05, 4.69) is 29.0 Å². The number of anilines is 1. The normalized spacial score (nSPS) is 15.5. The number of carbonyl (C=O) groups excluding carboxylic acids is 2. The fourth-order valence-electron chi connectivity index (χ4n) is 2.82. The van der Waals surface area contributed by atoms with Gasteiger partial charge in [-0.25, -0.2) is 0 Å². The Hall–Kier alpha value is -1.92. The highest BCUT2D eigenvalue weighted by Crippen LogP contribution is 2.07. The maximum absolute atomic E-state index is 12.3. The first-order valence-electron chi connectivity index (χ1n) is 8.69. The van der Waals surface area contributed by atoms with Gasteiger partial charge < -0.3 is 10.2 Å². The predicted molar refractivity (Wildman–Crippen MR) is 95.9 cm³/mol. The van der Waals surface area contributed by atoms with Crippen LogP contribution in [0.1, 0.15) is 13.8 Å². The first-order valence-corrected chi connectivity index (χ1v) is 8.69. The number of piperazine rings is 1. The topological polar surface area (TPSA) is 55.9 Å². The maximum Gasteiger partial charge on any atom is 0.238 e. The van der Waals surface area contributed by atoms with E-state index in [4.69, 9.17) is 0 Å². The number of rotatable bonds is 7. The molecule has 0 saturated carbocycles. The Morgan fingerprint density at radius 3 is 2.25 bits per heavy atom. The molecule has 1 aliphatic rings. The number of carbonyl (C=O) groups is 2. The molecule has 0 spiro atoms. The smallest absolute Gasteiger partial charge is 0.238 e. The fourth-order valence-corrected chi connectivity index (χ4v) is 2.82. The van der Waals surface area contributed by atoms with Crippen LogP contribution in [0.4, 0.5) is 5.69 Å². The second-order valence-corrected chi connectivity index (χ2v) is 6.03. The zero-order valence-electron chi connectivity index (χ0n) is 14.7. The molecule has 132 valence electrons. The third kappa shape index (κ3) is 5.62. The molecule has 1 heterocycles. The van der Waals surface area contributed by atoms with E-state index in [0.29, 0.717) is 26.2 Å². The van der Waals surface area contributed by atoms with E-state index in [-0.39, 0.29) is 11.8 Å². The quantitative estimate of drug-likeness (QED) is 0.813. The highest BCUT2D eigenvalue weighted by atomic mass is 16.2. The van der Waals surface area contributed by atoms with Crippen LogP contribution < -0.4 is 5.32 Å². The molecule has 1 aliphatic heterocycles. The number of hydrogen-bond donors (Lipinski definition) is 1. The van der Waals surface area contributed by atoms with Crippen molar-refractivity contribution in [3.63, 3.8) is 0 Å². The third-order valence-corrected chi connectivity index (χ3v) is 4.40. The Bertz CT molecular complexity index is 523. The van der Waals surface area contributed by atoms with Gasteiger partial charge in [-0.15, -0.1) is 0 Å². The van der Waals surface area contributed by atoms with Crippen LogP contribution in [0.5, 0.6) is 0 Å². The molecule has 1 fully saturated rings. The van der Waals surface area contributed by atoms with Crippen LogP contribution in [0.25, 0.3) is 0 Å². The van der Waals surface area contributed by atoms with Crippen LogP contribution in [0, 0.1) is 0 Å². The summed E-state index contributed by atoms with van der Waals surface area (Å²) in [4.78, 5) is 30.5. The molecule has 1 N–H and O–H groups in total. The number of nitrogens with one attached hydrogen (secondary N) is 1. The van der Waals surface area contributed by atoms with Crippen molar-refractivity contribution in [3.05, 3.63) is 30.3 Å². The second kappa shape index (κ2) is 9.39. The number of likely N-dealkylation sites (N-methyl/N-ethyl adjacent to an activating group) is 1. The molecular formula is C18H28N4O2. The number of amides is 2. The van der Waals surface area contributed by atoms with Crippen molar-refractivity contribution in [1.82, 2.24) is 14.7 Å². The Kier molecular flexibility index (Phi) is 7.21. The standard InChI is InChI=1S/C18H28N4O2/c1-3-20(4-2)15-18(24)22-12-10-21(11-13-22)14-17(23)19-16-8-6-5-7-9-16/h5-9H,3-4,10-15H2,1-2H3,(H,19,23). The predicted octanol–water partition coefficient (Wildman–Crippen LogP) is 1.11. The molecular weight excluding hydrogens is 304 g/mol. The summed E-state index contributed by atoms with van der Waals surface area (Å²) in [5.74, 6) is 0.177. The minimum absolute atomic E-state index is 0.0101. The summed E-state index contributed by atoms with van der Waals surface area (Å²) < 4.78 is 0. The van der Waals surface area contributed by atoms with Gasteiger partial charge in [0.2, 0.25) is 11.8 Å². The average Bonchev–Trinajstić information content (AvgIpc) is 2.60. The highest BCUT2D eigenvalue weighted by Gasteiger charge is 2.23. The molecule has 6 nitrogen and oxygen atoms in total. The molecule has 0 bridgehead atoms. The van der Waals surface area contributed by atoms with Crippen LogP contribution in [-0.2, 0) is 9.59 Å². The van der Waals surface area contributed by atoms with E-state index >= 15 is 0 Å². The van der Waals surface area contributed by atoms with Gasteiger partial charge in [-0.05, 0) is 25.2 Å². The van der Waals surface area contributed by atoms with Crippen molar-refractivity contribution in [3.8, 4) is 0 Å². The molecule has 0 atom stereocenters. The molecule has 0 aromatic heterocycles. The maximum atomic E-state index is 12.3. The number of nitrogens with zero attached hydrogens (tertiary/aromatic N) is 3. The lowest BCUT2D eigenvalue weighted by molar-refractivity contribution is -0.134. The Morgan fingerprint density at radius 2 is 1.67 bits per heavy atom. The molecule has 0 radical (unpaired) electrons. The molecule has 2 rings (SSSR count). The molecule has 2 amide bonds. The van der Waals surface area contributed by atoms with E-state index < -0.39 is 0 Å². The van der Waals surface area contributed by atoms with Crippen molar-refractivity contribution in [2.45, 2.75) is 13.8 Å².